The van der Waals surface area contributed by atoms with Crippen LogP contribution in [0.3, 0.4) is 0 Å². The summed E-state index contributed by atoms with van der Waals surface area (Å²) in [6.07, 6.45) is 4.87. The maximum absolute atomic E-state index is 12.1. The van der Waals surface area contributed by atoms with E-state index in [0.717, 1.165) is 30.9 Å². The van der Waals surface area contributed by atoms with Crippen molar-refractivity contribution >= 4 is 11.6 Å². The molecular formula is C16H22N2O2. The van der Waals surface area contributed by atoms with E-state index in [1.165, 1.54) is 24.8 Å². The Morgan fingerprint density at radius 1 is 1.35 bits per heavy atom. The van der Waals surface area contributed by atoms with E-state index in [9.17, 15) is 4.79 Å². The van der Waals surface area contributed by atoms with E-state index >= 15 is 0 Å². The van der Waals surface area contributed by atoms with Crippen molar-refractivity contribution in [2.24, 2.45) is 0 Å². The highest BCUT2D eigenvalue weighted by molar-refractivity contribution is 5.92. The summed E-state index contributed by atoms with van der Waals surface area (Å²) in [5, 5.41) is 3.00. The van der Waals surface area contributed by atoms with Crippen LogP contribution in [0.25, 0.3) is 0 Å². The standard InChI is InChI=1S/C16H22N2O2/c1-12-9-13-10-14(5-6-15(13)20-12)17-16(19)11-18-7-3-2-4-8-18/h5-6,10,12H,2-4,7-9,11H2,1H3,(H,17,19). The number of likely N-dealkylation sites (tertiary alicyclic amines) is 1. The van der Waals surface area contributed by atoms with Gasteiger partial charge in [-0.3, -0.25) is 9.69 Å². The molecule has 4 nitrogen and oxygen atoms in total. The van der Waals surface area contributed by atoms with Crippen LogP contribution in [0.5, 0.6) is 5.75 Å². The number of carbonyl (C=O) groups is 1. The molecule has 1 amide bonds. The zero-order valence-electron chi connectivity index (χ0n) is 12.0. The molecule has 2 aliphatic heterocycles. The van der Waals surface area contributed by atoms with Gasteiger partial charge < -0.3 is 10.1 Å². The fourth-order valence-electron chi connectivity index (χ4n) is 3.02. The lowest BCUT2D eigenvalue weighted by Crippen LogP contribution is -2.36. The van der Waals surface area contributed by atoms with Crippen molar-refractivity contribution in [2.45, 2.75) is 38.7 Å². The SMILES string of the molecule is CC1Cc2cc(NC(=O)CN3CCCCC3)ccc2O1. The molecule has 0 spiro atoms. The molecule has 0 saturated carbocycles. The van der Waals surface area contributed by atoms with Crippen LogP contribution in [0.2, 0.25) is 0 Å². The third-order valence-electron chi connectivity index (χ3n) is 4.00. The van der Waals surface area contributed by atoms with Crippen molar-refractivity contribution in [2.75, 3.05) is 25.0 Å². The molecule has 1 N–H and O–H groups in total. The molecule has 1 atom stereocenters. The summed E-state index contributed by atoms with van der Waals surface area (Å²) in [7, 11) is 0. The van der Waals surface area contributed by atoms with Gasteiger partial charge in [-0.15, -0.1) is 0 Å². The van der Waals surface area contributed by atoms with Gasteiger partial charge in [0.25, 0.3) is 0 Å². The second-order valence-electron chi connectivity index (χ2n) is 5.84. The minimum absolute atomic E-state index is 0.0822. The van der Waals surface area contributed by atoms with Gasteiger partial charge in [0.1, 0.15) is 11.9 Å². The Hall–Kier alpha value is -1.55. The second-order valence-corrected chi connectivity index (χ2v) is 5.84. The quantitative estimate of drug-likeness (QED) is 0.920. The molecule has 0 bridgehead atoms. The van der Waals surface area contributed by atoms with Crippen molar-refractivity contribution in [1.82, 2.24) is 4.90 Å². The highest BCUT2D eigenvalue weighted by Gasteiger charge is 2.19. The lowest BCUT2D eigenvalue weighted by atomic mass is 10.1. The van der Waals surface area contributed by atoms with Crippen LogP contribution in [-0.2, 0) is 11.2 Å². The number of rotatable bonds is 3. The summed E-state index contributed by atoms with van der Waals surface area (Å²) in [6.45, 7) is 4.66. The first-order chi connectivity index (χ1) is 9.70. The number of benzene rings is 1. The van der Waals surface area contributed by atoms with Crippen molar-refractivity contribution < 1.29 is 9.53 Å². The number of carbonyl (C=O) groups excluding carboxylic acids is 1. The molecule has 1 unspecified atom stereocenters. The molecule has 4 heteroatoms. The van der Waals surface area contributed by atoms with Crippen molar-refractivity contribution in [3.63, 3.8) is 0 Å². The average Bonchev–Trinajstić information content (AvgIpc) is 2.79. The summed E-state index contributed by atoms with van der Waals surface area (Å²) in [5.74, 6) is 1.03. The third kappa shape index (κ3) is 3.12. The summed E-state index contributed by atoms with van der Waals surface area (Å²) in [4.78, 5) is 14.3. The van der Waals surface area contributed by atoms with Crippen molar-refractivity contribution in [3.05, 3.63) is 23.8 Å². The first-order valence-electron chi connectivity index (χ1n) is 7.52. The minimum atomic E-state index is 0.0822. The zero-order chi connectivity index (χ0) is 13.9. The van der Waals surface area contributed by atoms with E-state index in [1.54, 1.807) is 0 Å². The molecule has 2 heterocycles. The van der Waals surface area contributed by atoms with E-state index in [4.69, 9.17) is 4.74 Å². The van der Waals surface area contributed by atoms with Crippen LogP contribution in [0.15, 0.2) is 18.2 Å². The van der Waals surface area contributed by atoms with E-state index in [0.29, 0.717) is 6.54 Å². The van der Waals surface area contributed by atoms with Crippen LogP contribution in [0.4, 0.5) is 5.69 Å². The number of hydrogen-bond acceptors (Lipinski definition) is 3. The molecule has 2 aliphatic rings. The molecule has 3 rings (SSSR count). The Morgan fingerprint density at radius 2 is 2.15 bits per heavy atom. The fourth-order valence-corrected chi connectivity index (χ4v) is 3.02. The summed E-state index contributed by atoms with van der Waals surface area (Å²) in [6, 6.07) is 5.91. The largest absolute Gasteiger partial charge is 0.490 e. The Bertz CT molecular complexity index is 495. The van der Waals surface area contributed by atoms with Gasteiger partial charge >= 0.3 is 0 Å². The topological polar surface area (TPSA) is 41.6 Å². The molecule has 0 aliphatic carbocycles. The Balaban J connectivity index is 1.57. The number of piperidine rings is 1. The molecule has 1 aromatic carbocycles. The number of nitrogens with zero attached hydrogens (tertiary/aromatic N) is 1. The lowest BCUT2D eigenvalue weighted by Gasteiger charge is -2.25. The van der Waals surface area contributed by atoms with Crippen LogP contribution >= 0.6 is 0 Å². The lowest BCUT2D eigenvalue weighted by molar-refractivity contribution is -0.117. The van der Waals surface area contributed by atoms with Crippen molar-refractivity contribution in [1.29, 1.82) is 0 Å². The van der Waals surface area contributed by atoms with Gasteiger partial charge in [0.05, 0.1) is 6.54 Å². The van der Waals surface area contributed by atoms with Gasteiger partial charge in [-0.25, -0.2) is 0 Å². The third-order valence-corrected chi connectivity index (χ3v) is 4.00. The van der Waals surface area contributed by atoms with Gasteiger partial charge in [-0.05, 0) is 56.6 Å². The van der Waals surface area contributed by atoms with Crippen LogP contribution in [-0.4, -0.2) is 36.5 Å². The minimum Gasteiger partial charge on any atom is -0.490 e. The van der Waals surface area contributed by atoms with Crippen molar-refractivity contribution in [3.8, 4) is 5.75 Å². The molecule has 0 aromatic heterocycles. The molecule has 20 heavy (non-hydrogen) atoms. The molecule has 108 valence electrons. The number of amides is 1. The number of anilines is 1. The summed E-state index contributed by atoms with van der Waals surface area (Å²) < 4.78 is 5.67. The maximum atomic E-state index is 12.1. The monoisotopic (exact) mass is 274 g/mol. The number of nitrogens with one attached hydrogen (secondary N) is 1. The first-order valence-corrected chi connectivity index (χ1v) is 7.52. The van der Waals surface area contributed by atoms with E-state index in [1.807, 2.05) is 18.2 Å². The van der Waals surface area contributed by atoms with Gasteiger partial charge in [0, 0.05) is 12.1 Å². The fraction of sp³-hybridized carbons (Fsp3) is 0.562. The van der Waals surface area contributed by atoms with Gasteiger partial charge in [0.2, 0.25) is 5.91 Å². The predicted molar refractivity (Wildman–Crippen MR) is 79.2 cm³/mol. The average molecular weight is 274 g/mol. The number of fused-ring (bicyclic) bond motifs is 1. The molecule has 1 aromatic rings. The molecule has 1 fully saturated rings. The van der Waals surface area contributed by atoms with E-state index in [2.05, 4.69) is 17.1 Å². The van der Waals surface area contributed by atoms with E-state index < -0.39 is 0 Å². The van der Waals surface area contributed by atoms with E-state index in [-0.39, 0.29) is 12.0 Å². The smallest absolute Gasteiger partial charge is 0.238 e. The van der Waals surface area contributed by atoms with Crippen LogP contribution in [0, 0.1) is 0 Å². The predicted octanol–water partition coefficient (Wildman–Crippen LogP) is 2.43. The van der Waals surface area contributed by atoms with Crippen LogP contribution in [0.1, 0.15) is 31.7 Å². The molecule has 1 saturated heterocycles. The molecule has 0 radical (unpaired) electrons. The first kappa shape index (κ1) is 13.4. The Morgan fingerprint density at radius 3 is 2.95 bits per heavy atom. The second kappa shape index (κ2) is 5.83. The highest BCUT2D eigenvalue weighted by atomic mass is 16.5. The van der Waals surface area contributed by atoms with Crippen LogP contribution < -0.4 is 10.1 Å². The molecular weight excluding hydrogens is 252 g/mol. The van der Waals surface area contributed by atoms with Gasteiger partial charge in [-0.2, -0.15) is 0 Å². The maximum Gasteiger partial charge on any atom is 0.238 e. The number of hydrogen-bond donors (Lipinski definition) is 1. The number of ether oxygens (including phenoxy) is 1. The Kier molecular flexibility index (Phi) is 3.92. The van der Waals surface area contributed by atoms with Gasteiger partial charge in [-0.1, -0.05) is 6.42 Å². The van der Waals surface area contributed by atoms with Gasteiger partial charge in [0.15, 0.2) is 0 Å². The Labute approximate surface area is 120 Å². The highest BCUT2D eigenvalue weighted by Crippen LogP contribution is 2.30. The zero-order valence-corrected chi connectivity index (χ0v) is 12.0. The summed E-state index contributed by atoms with van der Waals surface area (Å²) >= 11 is 0. The summed E-state index contributed by atoms with van der Waals surface area (Å²) in [5.41, 5.74) is 2.07. The normalized spacial score (nSPS) is 22.1.